The summed E-state index contributed by atoms with van der Waals surface area (Å²) >= 11 is 0. The van der Waals surface area contributed by atoms with E-state index >= 15 is 0 Å². The summed E-state index contributed by atoms with van der Waals surface area (Å²) in [6.07, 6.45) is 0. The molecule has 2 N–H and O–H groups in total. The van der Waals surface area contributed by atoms with Gasteiger partial charge in [0.05, 0.1) is 12.3 Å². The highest BCUT2D eigenvalue weighted by molar-refractivity contribution is 5.16. The van der Waals surface area contributed by atoms with Gasteiger partial charge in [-0.2, -0.15) is 0 Å². The molecule has 0 aliphatic heterocycles. The molecule has 90 valence electrons. The summed E-state index contributed by atoms with van der Waals surface area (Å²) in [6.45, 7) is 2.06. The van der Waals surface area contributed by atoms with E-state index in [2.05, 4.69) is 4.98 Å². The van der Waals surface area contributed by atoms with E-state index in [-0.39, 0.29) is 18.3 Å². The van der Waals surface area contributed by atoms with E-state index in [1.807, 2.05) is 30.3 Å². The third kappa shape index (κ3) is 2.57. The number of aryl methyl sites for hydroxylation is 1. The van der Waals surface area contributed by atoms with Crippen molar-refractivity contribution in [2.24, 2.45) is 0 Å². The molecule has 0 unspecified atom stereocenters. The molecular formula is C12H14N2O3. The van der Waals surface area contributed by atoms with Gasteiger partial charge in [-0.05, 0) is 12.5 Å². The van der Waals surface area contributed by atoms with Crippen LogP contribution in [0.3, 0.4) is 0 Å². The van der Waals surface area contributed by atoms with Crippen molar-refractivity contribution in [3.05, 3.63) is 52.1 Å². The van der Waals surface area contributed by atoms with Gasteiger partial charge in [-0.15, -0.1) is 0 Å². The lowest BCUT2D eigenvalue weighted by atomic mass is 10.2. The Morgan fingerprint density at radius 2 is 2.06 bits per heavy atom. The molecule has 2 aromatic rings. The molecule has 2 rings (SSSR count). The summed E-state index contributed by atoms with van der Waals surface area (Å²) in [5, 5.41) is 9.57. The van der Waals surface area contributed by atoms with Crippen molar-refractivity contribution in [1.82, 2.24) is 9.55 Å². The first-order valence-corrected chi connectivity index (χ1v) is 5.28. The molecule has 0 aliphatic rings. The lowest BCUT2D eigenvalue weighted by molar-refractivity contribution is 0.0572. The highest BCUT2D eigenvalue weighted by atomic mass is 16.5. The third-order valence-electron chi connectivity index (χ3n) is 2.46. The number of nitrogens with one attached hydrogen (secondary N) is 1. The van der Waals surface area contributed by atoms with Crippen molar-refractivity contribution in [3.63, 3.8) is 0 Å². The van der Waals surface area contributed by atoms with E-state index < -0.39 is 0 Å². The molecule has 0 atom stereocenters. The maximum Gasteiger partial charge on any atom is 0.330 e. The molecule has 0 saturated heterocycles. The van der Waals surface area contributed by atoms with Gasteiger partial charge in [0.25, 0.3) is 0 Å². The van der Waals surface area contributed by atoms with Crippen molar-refractivity contribution in [1.29, 1.82) is 0 Å². The van der Waals surface area contributed by atoms with Crippen molar-refractivity contribution < 1.29 is 9.84 Å². The largest absolute Gasteiger partial charge is 0.493 e. The fraction of sp³-hybridized carbons (Fsp3) is 0.250. The molecule has 0 saturated carbocycles. The Hall–Kier alpha value is -2.01. The molecule has 1 heterocycles. The fourth-order valence-corrected chi connectivity index (χ4v) is 1.53. The van der Waals surface area contributed by atoms with Gasteiger partial charge in [0.2, 0.25) is 5.88 Å². The van der Waals surface area contributed by atoms with E-state index in [4.69, 9.17) is 4.74 Å². The predicted molar refractivity (Wildman–Crippen MR) is 62.7 cm³/mol. The highest BCUT2D eigenvalue weighted by Gasteiger charge is 2.08. The number of rotatable bonds is 4. The van der Waals surface area contributed by atoms with Gasteiger partial charge in [0.15, 0.2) is 0 Å². The zero-order valence-corrected chi connectivity index (χ0v) is 9.51. The normalized spacial score (nSPS) is 10.6. The first-order valence-electron chi connectivity index (χ1n) is 5.28. The second kappa shape index (κ2) is 4.88. The average molecular weight is 234 g/mol. The molecule has 0 spiro atoms. The van der Waals surface area contributed by atoms with Gasteiger partial charge >= 0.3 is 5.69 Å². The second-order valence-corrected chi connectivity index (χ2v) is 3.77. The Morgan fingerprint density at radius 3 is 2.65 bits per heavy atom. The van der Waals surface area contributed by atoms with E-state index in [1.165, 1.54) is 0 Å². The lowest BCUT2D eigenvalue weighted by Gasteiger charge is -2.05. The molecule has 0 amide bonds. The van der Waals surface area contributed by atoms with Crippen LogP contribution in [-0.2, 0) is 18.1 Å². The minimum absolute atomic E-state index is 0.0316. The minimum atomic E-state index is -0.368. The number of hydrogen-bond acceptors (Lipinski definition) is 3. The Bertz CT molecular complexity index is 543. The maximum absolute atomic E-state index is 11.4. The number of imidazole rings is 1. The van der Waals surface area contributed by atoms with Crippen LogP contribution >= 0.6 is 0 Å². The second-order valence-electron chi connectivity index (χ2n) is 3.77. The van der Waals surface area contributed by atoms with Crippen molar-refractivity contribution in [2.45, 2.75) is 20.3 Å². The Kier molecular flexibility index (Phi) is 3.30. The van der Waals surface area contributed by atoms with Crippen LogP contribution in [0.1, 0.15) is 11.3 Å². The Morgan fingerprint density at radius 1 is 1.35 bits per heavy atom. The summed E-state index contributed by atoms with van der Waals surface area (Å²) in [6, 6.07) is 9.64. The van der Waals surface area contributed by atoms with Crippen LogP contribution in [0, 0.1) is 6.92 Å². The van der Waals surface area contributed by atoms with Crippen LogP contribution in [0.25, 0.3) is 0 Å². The lowest BCUT2D eigenvalue weighted by Crippen LogP contribution is -2.18. The van der Waals surface area contributed by atoms with Crippen molar-refractivity contribution >= 4 is 0 Å². The molecular weight excluding hydrogens is 220 g/mol. The van der Waals surface area contributed by atoms with E-state index in [0.717, 1.165) is 10.1 Å². The van der Waals surface area contributed by atoms with E-state index in [0.29, 0.717) is 12.3 Å². The molecule has 1 aromatic carbocycles. The SMILES string of the molecule is Cc1[nH]c(=O)n(COCc2ccccc2)c1O. The number of benzene rings is 1. The molecule has 1 aromatic heterocycles. The average Bonchev–Trinajstić information content (AvgIpc) is 2.57. The zero-order valence-electron chi connectivity index (χ0n) is 9.51. The molecule has 0 aliphatic carbocycles. The number of nitrogens with zero attached hydrogens (tertiary/aromatic N) is 1. The number of ether oxygens (including phenoxy) is 1. The van der Waals surface area contributed by atoms with Crippen molar-refractivity contribution in [3.8, 4) is 5.88 Å². The van der Waals surface area contributed by atoms with Crippen LogP contribution in [0.2, 0.25) is 0 Å². The third-order valence-corrected chi connectivity index (χ3v) is 2.46. The van der Waals surface area contributed by atoms with Gasteiger partial charge in [-0.1, -0.05) is 30.3 Å². The van der Waals surface area contributed by atoms with Crippen LogP contribution in [-0.4, -0.2) is 14.7 Å². The summed E-state index contributed by atoms with van der Waals surface area (Å²) in [5.74, 6) is -0.0805. The molecule has 0 fully saturated rings. The van der Waals surface area contributed by atoms with E-state index in [1.54, 1.807) is 6.92 Å². The topological polar surface area (TPSA) is 67.2 Å². The first-order chi connectivity index (χ1) is 8.18. The van der Waals surface area contributed by atoms with Crippen LogP contribution in [0.5, 0.6) is 5.88 Å². The van der Waals surface area contributed by atoms with E-state index in [9.17, 15) is 9.90 Å². The summed E-state index contributed by atoms with van der Waals surface area (Å²) < 4.78 is 6.51. The summed E-state index contributed by atoms with van der Waals surface area (Å²) in [7, 11) is 0. The number of aromatic hydroxyl groups is 1. The van der Waals surface area contributed by atoms with Gasteiger partial charge in [0, 0.05) is 0 Å². The quantitative estimate of drug-likeness (QED) is 0.839. The summed E-state index contributed by atoms with van der Waals surface area (Å²) in [4.78, 5) is 13.9. The zero-order chi connectivity index (χ0) is 12.3. The van der Waals surface area contributed by atoms with Crippen LogP contribution in [0.15, 0.2) is 35.1 Å². The number of H-pyrrole nitrogens is 1. The van der Waals surface area contributed by atoms with Crippen LogP contribution in [0.4, 0.5) is 0 Å². The molecule has 0 radical (unpaired) electrons. The number of aromatic nitrogens is 2. The molecule has 5 nitrogen and oxygen atoms in total. The van der Waals surface area contributed by atoms with Gasteiger partial charge < -0.3 is 14.8 Å². The smallest absolute Gasteiger partial charge is 0.330 e. The van der Waals surface area contributed by atoms with Gasteiger partial charge in [-0.3, -0.25) is 0 Å². The molecule has 5 heteroatoms. The monoisotopic (exact) mass is 234 g/mol. The maximum atomic E-state index is 11.4. The summed E-state index contributed by atoms with van der Waals surface area (Å²) in [5.41, 5.74) is 1.10. The number of hydrogen-bond donors (Lipinski definition) is 2. The molecule has 0 bridgehead atoms. The number of aromatic amines is 1. The van der Waals surface area contributed by atoms with Crippen LogP contribution < -0.4 is 5.69 Å². The highest BCUT2D eigenvalue weighted by Crippen LogP contribution is 2.10. The van der Waals surface area contributed by atoms with Gasteiger partial charge in [-0.25, -0.2) is 9.36 Å². The predicted octanol–water partition coefficient (Wildman–Crippen LogP) is 1.36. The first kappa shape index (κ1) is 11.5. The Labute approximate surface area is 98.3 Å². The van der Waals surface area contributed by atoms with Gasteiger partial charge in [0.1, 0.15) is 6.73 Å². The minimum Gasteiger partial charge on any atom is -0.493 e. The Balaban J connectivity index is 1.97. The standard InChI is InChI=1S/C12H14N2O3/c1-9-11(15)14(12(16)13-9)8-17-7-10-5-3-2-4-6-10/h2-6,15H,7-8H2,1H3,(H,13,16). The van der Waals surface area contributed by atoms with Crippen molar-refractivity contribution in [2.75, 3.05) is 0 Å². The molecule has 17 heavy (non-hydrogen) atoms. The fourth-order valence-electron chi connectivity index (χ4n) is 1.53.